The zero-order valence-corrected chi connectivity index (χ0v) is 7.31. The fourth-order valence-corrected chi connectivity index (χ4v) is 2.63. The molecule has 0 atom stereocenters. The van der Waals surface area contributed by atoms with E-state index in [2.05, 4.69) is 12.0 Å². The van der Waals surface area contributed by atoms with Crippen LogP contribution < -0.4 is 8.85 Å². The lowest BCUT2D eigenvalue weighted by Crippen LogP contribution is -2.33. The van der Waals surface area contributed by atoms with E-state index in [0.717, 1.165) is 24.4 Å². The van der Waals surface area contributed by atoms with Crippen molar-refractivity contribution in [2.75, 3.05) is 6.54 Å². The highest BCUT2D eigenvalue weighted by molar-refractivity contribution is 14.1. The highest BCUT2D eigenvalue weighted by Gasteiger charge is 2.22. The number of hydrogen-bond acceptors (Lipinski definition) is 3. The van der Waals surface area contributed by atoms with Gasteiger partial charge in [0, 0.05) is 13.0 Å². The third-order valence-electron chi connectivity index (χ3n) is 1.44. The molecule has 2 aliphatic rings. The first-order valence-electron chi connectivity index (χ1n) is 2.99. The van der Waals surface area contributed by atoms with Gasteiger partial charge in [-0.15, -0.1) is 0 Å². The van der Waals surface area contributed by atoms with Crippen molar-refractivity contribution in [2.24, 2.45) is 3.15 Å². The molecule has 0 saturated heterocycles. The Kier molecular flexibility index (Phi) is 1.44. The lowest BCUT2D eigenvalue weighted by molar-refractivity contribution is -0.118. The molecule has 4 nitrogen and oxygen atoms in total. The Balaban J connectivity index is 2.36. The summed E-state index contributed by atoms with van der Waals surface area (Å²) in [6, 6.07) is 0. The van der Waals surface area contributed by atoms with Crippen molar-refractivity contribution >= 4 is 27.2 Å². The predicted molar refractivity (Wildman–Crippen MR) is 44.2 cm³/mol. The number of hydrogen-bond donors (Lipinski definition) is 2. The van der Waals surface area contributed by atoms with Crippen LogP contribution in [0.2, 0.25) is 0 Å². The van der Waals surface area contributed by atoms with Gasteiger partial charge >= 0.3 is 0 Å². The number of amides is 1. The molecule has 0 saturated carbocycles. The van der Waals surface area contributed by atoms with Gasteiger partial charge in [0.25, 0.3) is 5.91 Å². The molecule has 54 valence electrons. The Labute approximate surface area is 68.6 Å². The third-order valence-corrected chi connectivity index (χ3v) is 3.05. The van der Waals surface area contributed by atoms with Crippen molar-refractivity contribution < 1.29 is 4.79 Å². The van der Waals surface area contributed by atoms with E-state index in [1.807, 2.05) is 0 Å². The van der Waals surface area contributed by atoms with E-state index >= 15 is 0 Å². The third kappa shape index (κ3) is 0.845. The molecule has 2 N–H and O–H groups in total. The monoisotopic (exact) mass is 251 g/mol. The lowest BCUT2D eigenvalue weighted by atomic mass is 10.2. The van der Waals surface area contributed by atoms with Crippen molar-refractivity contribution in [3.05, 3.63) is 11.4 Å². The molecule has 0 aliphatic carbocycles. The highest BCUT2D eigenvalue weighted by Crippen LogP contribution is 2.23. The quantitative estimate of drug-likeness (QED) is 0.483. The van der Waals surface area contributed by atoms with Crippen LogP contribution in [0.5, 0.6) is 0 Å². The molecule has 10 heavy (non-hydrogen) atoms. The molecule has 2 rings (SSSR count). The van der Waals surface area contributed by atoms with Gasteiger partial charge < -0.3 is 8.85 Å². The molecule has 0 aromatic rings. The molecule has 0 spiro atoms. The van der Waals surface area contributed by atoms with Crippen LogP contribution in [0.25, 0.3) is 0 Å². The van der Waals surface area contributed by atoms with Gasteiger partial charge in [-0.2, -0.15) is 0 Å². The number of rotatable bonds is 0. The van der Waals surface area contributed by atoms with Gasteiger partial charge in [0.15, 0.2) is 0 Å². The number of carbonyl (C=O) groups is 1. The minimum absolute atomic E-state index is 0.0159. The fraction of sp³-hybridized carbons (Fsp3) is 0.400. The van der Waals surface area contributed by atoms with Crippen molar-refractivity contribution in [2.45, 2.75) is 6.42 Å². The second kappa shape index (κ2) is 2.30. The largest absolute Gasteiger partial charge is 0.350 e. The number of nitrogens with zero attached hydrogens (tertiary/aromatic N) is 1. The minimum Gasteiger partial charge on any atom is -0.350 e. The van der Waals surface area contributed by atoms with E-state index in [0.29, 0.717) is 0 Å². The van der Waals surface area contributed by atoms with Crippen LogP contribution in [0.15, 0.2) is 14.5 Å². The Hall–Kier alpha value is -0.460. The number of nitrogens with one attached hydrogen (secondary N) is 2. The standard InChI is InChI=1S/C5H6IN3O/c10-5-4-3(1-2-7-5)8-6-9-4/h1-2H2,(H,7,10)(H,8,9). The topological polar surface area (TPSA) is 53.5 Å². The van der Waals surface area contributed by atoms with Crippen LogP contribution in [-0.2, 0) is 4.79 Å². The smallest absolute Gasteiger partial charge is 0.270 e. The second-order valence-corrected chi connectivity index (χ2v) is 3.60. The Morgan fingerprint density at radius 3 is 3.30 bits per heavy atom. The molecule has 5 heteroatoms. The molecule has 2 heterocycles. The van der Waals surface area contributed by atoms with E-state index in [1.165, 1.54) is 0 Å². The second-order valence-electron chi connectivity index (χ2n) is 2.09. The zero-order chi connectivity index (χ0) is 6.97. The maximum atomic E-state index is 11.0. The van der Waals surface area contributed by atoms with Crippen LogP contribution in [0, 0.1) is 0 Å². The van der Waals surface area contributed by atoms with Gasteiger partial charge in [0.2, 0.25) is 0 Å². The van der Waals surface area contributed by atoms with Crippen molar-refractivity contribution in [1.82, 2.24) is 8.85 Å². The summed E-state index contributed by atoms with van der Waals surface area (Å²) in [4.78, 5) is 11.0. The van der Waals surface area contributed by atoms with E-state index in [1.54, 1.807) is 0 Å². The minimum atomic E-state index is -0.298. The summed E-state index contributed by atoms with van der Waals surface area (Å²) < 4.78 is 7.24. The Bertz CT molecular complexity index is 245. The van der Waals surface area contributed by atoms with Gasteiger partial charge in [-0.3, -0.25) is 4.79 Å². The van der Waals surface area contributed by atoms with Crippen molar-refractivity contribution in [3.63, 3.8) is 0 Å². The molecular formula is C5H6IN3O. The summed E-state index contributed by atoms with van der Waals surface area (Å²) in [5.74, 6) is 0.0159. The summed E-state index contributed by atoms with van der Waals surface area (Å²) >= 11 is -0.298. The van der Waals surface area contributed by atoms with Crippen LogP contribution >= 0.6 is 21.3 Å². The van der Waals surface area contributed by atoms with Gasteiger partial charge in [-0.1, -0.05) is 0 Å². The van der Waals surface area contributed by atoms with Crippen LogP contribution in [0.4, 0.5) is 0 Å². The van der Waals surface area contributed by atoms with Crippen LogP contribution in [-0.4, -0.2) is 12.5 Å². The summed E-state index contributed by atoms with van der Waals surface area (Å²) in [6.45, 7) is 0.743. The summed E-state index contributed by atoms with van der Waals surface area (Å²) in [5, 5.41) is 2.75. The maximum absolute atomic E-state index is 11.0. The SMILES string of the molecule is O=C1NCCC2=C1NI=N2. The van der Waals surface area contributed by atoms with Crippen LogP contribution in [0.3, 0.4) is 0 Å². The first-order chi connectivity index (χ1) is 4.88. The average molecular weight is 251 g/mol. The first kappa shape index (κ1) is 6.26. The number of carbonyl (C=O) groups excluding carboxylic acids is 1. The fourth-order valence-electron chi connectivity index (χ4n) is 0.935. The molecule has 2 aliphatic heterocycles. The maximum Gasteiger partial charge on any atom is 0.270 e. The van der Waals surface area contributed by atoms with E-state index < -0.39 is 0 Å². The number of halogens is 1. The van der Waals surface area contributed by atoms with Gasteiger partial charge in [0.1, 0.15) is 27.0 Å². The molecule has 0 bridgehead atoms. The van der Waals surface area contributed by atoms with E-state index in [9.17, 15) is 4.79 Å². The highest BCUT2D eigenvalue weighted by atomic mass is 127. The van der Waals surface area contributed by atoms with Gasteiger partial charge in [0.05, 0.1) is 5.70 Å². The van der Waals surface area contributed by atoms with Gasteiger partial charge in [-0.25, -0.2) is 3.15 Å². The molecule has 1 amide bonds. The molecule has 0 aromatic heterocycles. The summed E-state index contributed by atoms with van der Waals surface area (Å²) in [5.41, 5.74) is 1.70. The molecular weight excluding hydrogens is 245 g/mol. The Morgan fingerprint density at radius 2 is 2.50 bits per heavy atom. The van der Waals surface area contributed by atoms with Gasteiger partial charge in [-0.05, 0) is 0 Å². The molecule has 0 fully saturated rings. The average Bonchev–Trinajstić information content (AvgIpc) is 2.36. The summed E-state index contributed by atoms with van der Waals surface area (Å²) in [7, 11) is 0. The molecule has 0 aromatic carbocycles. The van der Waals surface area contributed by atoms with Crippen molar-refractivity contribution in [3.8, 4) is 0 Å². The van der Waals surface area contributed by atoms with E-state index in [4.69, 9.17) is 0 Å². The van der Waals surface area contributed by atoms with E-state index in [-0.39, 0.29) is 27.2 Å². The summed E-state index contributed by atoms with van der Waals surface area (Å²) in [6.07, 6.45) is 0.897. The first-order valence-corrected chi connectivity index (χ1v) is 5.04. The van der Waals surface area contributed by atoms with Crippen molar-refractivity contribution in [1.29, 1.82) is 0 Å². The normalized spacial score (nSPS) is 23.0. The lowest BCUT2D eigenvalue weighted by Gasteiger charge is -2.11. The Morgan fingerprint density at radius 1 is 1.60 bits per heavy atom. The van der Waals surface area contributed by atoms with Crippen LogP contribution in [0.1, 0.15) is 6.42 Å². The molecule has 0 unspecified atom stereocenters. The zero-order valence-electron chi connectivity index (χ0n) is 5.15. The predicted octanol–water partition coefficient (Wildman–Crippen LogP) is 0.390. The molecule has 0 radical (unpaired) electrons.